The molecule has 0 aromatic heterocycles. The van der Waals surface area contributed by atoms with E-state index < -0.39 is 12.1 Å². The molecule has 1 saturated heterocycles. The van der Waals surface area contributed by atoms with E-state index in [-0.39, 0.29) is 24.3 Å². The predicted octanol–water partition coefficient (Wildman–Crippen LogP) is 1.28. The number of anilines is 1. The minimum absolute atomic E-state index is 0.00244. The lowest BCUT2D eigenvalue weighted by molar-refractivity contribution is -0.140. The van der Waals surface area contributed by atoms with Crippen molar-refractivity contribution in [1.29, 1.82) is 0 Å². The summed E-state index contributed by atoms with van der Waals surface area (Å²) in [5.74, 6) is 0.215. The lowest BCUT2D eigenvalue weighted by Crippen LogP contribution is -2.45. The van der Waals surface area contributed by atoms with Crippen LogP contribution in [0.25, 0.3) is 0 Å². The molecule has 2 N–H and O–H groups in total. The van der Waals surface area contributed by atoms with Crippen LogP contribution in [-0.2, 0) is 16.0 Å². The van der Waals surface area contributed by atoms with Crippen molar-refractivity contribution in [2.24, 2.45) is 0 Å². The number of urea groups is 1. The van der Waals surface area contributed by atoms with Gasteiger partial charge in [0.2, 0.25) is 5.91 Å². The Bertz CT molecular complexity index is 671. The maximum Gasteiger partial charge on any atom is 0.319 e. The zero-order valence-electron chi connectivity index (χ0n) is 13.1. The van der Waals surface area contributed by atoms with E-state index in [1.54, 1.807) is 19.9 Å². The molecule has 122 valence electrons. The van der Waals surface area contributed by atoms with Gasteiger partial charge in [-0.2, -0.15) is 0 Å². The van der Waals surface area contributed by atoms with E-state index in [1.807, 2.05) is 12.1 Å². The summed E-state index contributed by atoms with van der Waals surface area (Å²) in [7, 11) is 0. The molecule has 0 aliphatic carbocycles. The second-order valence-corrected chi connectivity index (χ2v) is 5.97. The molecule has 2 aliphatic rings. The predicted molar refractivity (Wildman–Crippen MR) is 83.2 cm³/mol. The minimum Gasteiger partial charge on any atom is -0.493 e. The topological polar surface area (TPSA) is 87.7 Å². The summed E-state index contributed by atoms with van der Waals surface area (Å²) in [5, 5.41) is 5.26. The molecular formula is C16H19N3O4. The van der Waals surface area contributed by atoms with Gasteiger partial charge in [-0.1, -0.05) is 0 Å². The van der Waals surface area contributed by atoms with E-state index in [0.29, 0.717) is 12.3 Å². The molecule has 1 aromatic rings. The zero-order valence-corrected chi connectivity index (χ0v) is 13.1. The molecule has 23 heavy (non-hydrogen) atoms. The van der Waals surface area contributed by atoms with E-state index in [1.165, 1.54) is 4.90 Å². The van der Waals surface area contributed by atoms with Crippen molar-refractivity contribution in [1.82, 2.24) is 10.2 Å². The van der Waals surface area contributed by atoms with Gasteiger partial charge in [0.25, 0.3) is 5.91 Å². The third-order valence-electron chi connectivity index (χ3n) is 3.95. The Morgan fingerprint density at radius 1 is 1.35 bits per heavy atom. The maximum absolute atomic E-state index is 12.1. The molecule has 1 aromatic carbocycles. The van der Waals surface area contributed by atoms with Crippen molar-refractivity contribution >= 4 is 23.5 Å². The van der Waals surface area contributed by atoms with Gasteiger partial charge >= 0.3 is 6.03 Å². The SMILES string of the molecule is CC(C)N1C(=O)C[C@H](NC(=O)Nc2ccc3c(c2)CCO3)C1=O. The lowest BCUT2D eigenvalue weighted by Gasteiger charge is -2.19. The number of likely N-dealkylation sites (tertiary alicyclic amines) is 1. The standard InChI is InChI=1S/C16H19N3O4/c1-9(2)19-14(20)8-12(15(19)21)18-16(22)17-11-3-4-13-10(7-11)5-6-23-13/h3-4,7,9,12H,5-6,8H2,1-2H3,(H2,17,18,22)/t12-/m0/s1. The molecule has 7 heteroatoms. The normalized spacial score (nSPS) is 19.8. The van der Waals surface area contributed by atoms with Gasteiger partial charge in [-0.05, 0) is 37.6 Å². The summed E-state index contributed by atoms with van der Waals surface area (Å²) in [4.78, 5) is 37.2. The van der Waals surface area contributed by atoms with Crippen LogP contribution in [-0.4, -0.2) is 41.4 Å². The number of hydrogen-bond acceptors (Lipinski definition) is 4. The van der Waals surface area contributed by atoms with Gasteiger partial charge in [0.15, 0.2) is 0 Å². The first kappa shape index (κ1) is 15.3. The molecule has 0 bridgehead atoms. The third-order valence-corrected chi connectivity index (χ3v) is 3.95. The molecule has 1 fully saturated rings. The number of imide groups is 1. The number of amides is 4. The number of carbonyl (C=O) groups excluding carboxylic acids is 3. The van der Waals surface area contributed by atoms with Gasteiger partial charge in [-0.25, -0.2) is 4.79 Å². The molecule has 2 heterocycles. The van der Waals surface area contributed by atoms with E-state index in [2.05, 4.69) is 10.6 Å². The highest BCUT2D eigenvalue weighted by atomic mass is 16.5. The fraction of sp³-hybridized carbons (Fsp3) is 0.438. The van der Waals surface area contributed by atoms with Gasteiger partial charge in [-0.15, -0.1) is 0 Å². The second-order valence-electron chi connectivity index (χ2n) is 5.97. The molecule has 2 aliphatic heterocycles. The van der Waals surface area contributed by atoms with Crippen LogP contribution in [0.15, 0.2) is 18.2 Å². The van der Waals surface area contributed by atoms with Gasteiger partial charge in [0, 0.05) is 18.2 Å². The lowest BCUT2D eigenvalue weighted by atomic mass is 10.1. The highest BCUT2D eigenvalue weighted by molar-refractivity contribution is 6.07. The van der Waals surface area contributed by atoms with E-state index >= 15 is 0 Å². The highest BCUT2D eigenvalue weighted by Gasteiger charge is 2.40. The summed E-state index contributed by atoms with van der Waals surface area (Å²) in [6, 6.07) is 3.89. The highest BCUT2D eigenvalue weighted by Crippen LogP contribution is 2.27. The van der Waals surface area contributed by atoms with Crippen molar-refractivity contribution in [3.05, 3.63) is 23.8 Å². The third kappa shape index (κ3) is 2.99. The zero-order chi connectivity index (χ0) is 16.6. The van der Waals surface area contributed by atoms with Crippen molar-refractivity contribution in [2.45, 2.75) is 38.8 Å². The minimum atomic E-state index is -0.803. The van der Waals surface area contributed by atoms with Crippen LogP contribution in [0.5, 0.6) is 5.75 Å². The second kappa shape index (κ2) is 5.91. The summed E-state index contributed by atoms with van der Waals surface area (Å²) >= 11 is 0. The number of carbonyl (C=O) groups is 3. The van der Waals surface area contributed by atoms with Crippen LogP contribution >= 0.6 is 0 Å². The molecule has 0 radical (unpaired) electrons. The number of fused-ring (bicyclic) bond motifs is 1. The average Bonchev–Trinajstić information content (AvgIpc) is 3.03. The smallest absolute Gasteiger partial charge is 0.319 e. The fourth-order valence-electron chi connectivity index (χ4n) is 2.90. The fourth-order valence-corrected chi connectivity index (χ4v) is 2.90. The molecule has 7 nitrogen and oxygen atoms in total. The molecule has 0 saturated carbocycles. The summed E-state index contributed by atoms with van der Waals surface area (Å²) < 4.78 is 5.41. The number of nitrogens with one attached hydrogen (secondary N) is 2. The maximum atomic E-state index is 12.1. The first-order valence-electron chi connectivity index (χ1n) is 7.65. The van der Waals surface area contributed by atoms with E-state index in [4.69, 9.17) is 4.74 Å². The van der Waals surface area contributed by atoms with Crippen molar-refractivity contribution in [3.8, 4) is 5.75 Å². The molecule has 1 atom stereocenters. The Labute approximate surface area is 134 Å². The van der Waals surface area contributed by atoms with Gasteiger partial charge < -0.3 is 15.4 Å². The van der Waals surface area contributed by atoms with Crippen LogP contribution in [0.1, 0.15) is 25.8 Å². The Morgan fingerprint density at radius 2 is 2.13 bits per heavy atom. The van der Waals surface area contributed by atoms with Crippen molar-refractivity contribution in [3.63, 3.8) is 0 Å². The number of nitrogens with zero attached hydrogens (tertiary/aromatic N) is 1. The van der Waals surface area contributed by atoms with E-state index in [0.717, 1.165) is 17.7 Å². The van der Waals surface area contributed by atoms with Gasteiger partial charge in [0.1, 0.15) is 11.8 Å². The van der Waals surface area contributed by atoms with Crippen LogP contribution < -0.4 is 15.4 Å². The molecule has 4 amide bonds. The number of rotatable bonds is 3. The number of benzene rings is 1. The summed E-state index contributed by atoms with van der Waals surface area (Å²) in [6.45, 7) is 4.18. The van der Waals surface area contributed by atoms with Crippen LogP contribution in [0.3, 0.4) is 0 Å². The molecular weight excluding hydrogens is 298 g/mol. The van der Waals surface area contributed by atoms with Crippen LogP contribution in [0.2, 0.25) is 0 Å². The Hall–Kier alpha value is -2.57. The number of ether oxygens (including phenoxy) is 1. The Kier molecular flexibility index (Phi) is 3.94. The van der Waals surface area contributed by atoms with Gasteiger partial charge in [-0.3, -0.25) is 14.5 Å². The number of hydrogen-bond donors (Lipinski definition) is 2. The van der Waals surface area contributed by atoms with Crippen LogP contribution in [0, 0.1) is 0 Å². The quantitative estimate of drug-likeness (QED) is 0.822. The molecule has 0 spiro atoms. The van der Waals surface area contributed by atoms with E-state index in [9.17, 15) is 14.4 Å². The van der Waals surface area contributed by atoms with Gasteiger partial charge in [0.05, 0.1) is 13.0 Å². The van der Waals surface area contributed by atoms with Crippen molar-refractivity contribution < 1.29 is 19.1 Å². The first-order chi connectivity index (χ1) is 11.0. The monoisotopic (exact) mass is 317 g/mol. The molecule has 0 unspecified atom stereocenters. The molecule has 3 rings (SSSR count). The largest absolute Gasteiger partial charge is 0.493 e. The summed E-state index contributed by atoms with van der Waals surface area (Å²) in [5.41, 5.74) is 1.67. The first-order valence-corrected chi connectivity index (χ1v) is 7.65. The Morgan fingerprint density at radius 3 is 2.83 bits per heavy atom. The summed E-state index contributed by atoms with van der Waals surface area (Å²) in [6.07, 6.45) is 0.813. The average molecular weight is 317 g/mol. The van der Waals surface area contributed by atoms with Crippen LogP contribution in [0.4, 0.5) is 10.5 Å². The van der Waals surface area contributed by atoms with Crippen molar-refractivity contribution in [2.75, 3.05) is 11.9 Å². The Balaban J connectivity index is 1.62.